The highest BCUT2D eigenvalue weighted by Crippen LogP contribution is 2.41. The van der Waals surface area contributed by atoms with E-state index in [0.717, 1.165) is 0 Å². The van der Waals surface area contributed by atoms with Gasteiger partial charge in [0, 0.05) is 27.1 Å². The summed E-state index contributed by atoms with van der Waals surface area (Å²) in [4.78, 5) is 0. The van der Waals surface area contributed by atoms with E-state index in [1.807, 2.05) is 0 Å². The third kappa shape index (κ3) is 2.51. The van der Waals surface area contributed by atoms with Crippen molar-refractivity contribution in [2.75, 3.05) is 0 Å². The van der Waals surface area contributed by atoms with Gasteiger partial charge < -0.3 is 8.80 Å². The average Bonchev–Trinajstić information content (AvgIpc) is 3.49. The second-order valence-corrected chi connectivity index (χ2v) is 14.1. The molecule has 8 aromatic rings. The predicted molar refractivity (Wildman–Crippen MR) is 167 cm³/mol. The minimum absolute atomic E-state index is 1.25. The first kappa shape index (κ1) is 21.1. The molecule has 0 radical (unpaired) electrons. The van der Waals surface area contributed by atoms with Crippen LogP contribution >= 0.6 is 0 Å². The Labute approximate surface area is 227 Å². The van der Waals surface area contributed by atoms with Crippen LogP contribution in [0.1, 0.15) is 0 Å². The molecule has 0 atom stereocenters. The van der Waals surface area contributed by atoms with Crippen molar-refractivity contribution in [2.24, 2.45) is 0 Å². The molecule has 39 heavy (non-hydrogen) atoms. The molecule has 0 fully saturated rings. The summed E-state index contributed by atoms with van der Waals surface area (Å²) in [5, 5.41) is 9.45. The Bertz CT molecular complexity index is 2180. The van der Waals surface area contributed by atoms with Crippen molar-refractivity contribution in [2.45, 2.75) is 0 Å². The van der Waals surface area contributed by atoms with Crippen LogP contribution in [0.2, 0.25) is 0 Å². The zero-order valence-electron chi connectivity index (χ0n) is 21.3. The lowest BCUT2D eigenvalue weighted by Crippen LogP contribution is -2.72. The van der Waals surface area contributed by atoms with E-state index >= 15 is 0 Å². The number of rotatable bonds is 2. The van der Waals surface area contributed by atoms with Gasteiger partial charge in [-0.2, -0.15) is 0 Å². The molecule has 2 nitrogen and oxygen atoms in total. The lowest BCUT2D eigenvalue weighted by Gasteiger charge is -2.36. The summed E-state index contributed by atoms with van der Waals surface area (Å²) in [5.74, 6) is 0. The topological polar surface area (TPSA) is 9.86 Å². The predicted octanol–water partition coefficient (Wildman–Crippen LogP) is 6.72. The lowest BCUT2D eigenvalue weighted by molar-refractivity contribution is 1.19. The molecule has 0 aliphatic carbocycles. The van der Waals surface area contributed by atoms with E-state index in [4.69, 9.17) is 0 Å². The van der Waals surface area contributed by atoms with Gasteiger partial charge in [-0.15, -0.1) is 0 Å². The fourth-order valence-electron chi connectivity index (χ4n) is 7.31. The van der Waals surface area contributed by atoms with Crippen molar-refractivity contribution in [1.82, 2.24) is 8.80 Å². The maximum absolute atomic E-state index is 2.87. The van der Waals surface area contributed by atoms with Gasteiger partial charge in [-0.05, 0) is 33.8 Å². The summed E-state index contributed by atoms with van der Waals surface area (Å²) in [7, 11) is -2.87. The summed E-state index contributed by atoms with van der Waals surface area (Å²) in [5.41, 5.74) is 6.46. The van der Waals surface area contributed by atoms with Crippen LogP contribution in [0.15, 0.2) is 146 Å². The van der Waals surface area contributed by atoms with E-state index in [0.29, 0.717) is 0 Å². The van der Waals surface area contributed by atoms with Crippen LogP contribution in [-0.4, -0.2) is 17.0 Å². The number of hydrogen-bond donors (Lipinski definition) is 0. The van der Waals surface area contributed by atoms with E-state index in [9.17, 15) is 0 Å². The third-order valence-corrected chi connectivity index (χ3v) is 13.4. The van der Waals surface area contributed by atoms with Crippen molar-refractivity contribution >= 4 is 67.4 Å². The van der Waals surface area contributed by atoms with Crippen molar-refractivity contribution in [1.29, 1.82) is 0 Å². The number of aromatic nitrogens is 2. The highest BCUT2D eigenvalue weighted by Gasteiger charge is 2.47. The first-order valence-corrected chi connectivity index (χ1v) is 15.5. The second kappa shape index (κ2) is 7.59. The standard InChI is InChI=1S/C36H24N2Si/c1-3-13-25(14-4-1)39(26-15-5-2-6-16-26)34-24-12-20-30-27-17-7-9-21-31(27)37(36(30)34)33-23-11-19-29-28-18-8-10-22-32(28)38(39)35(29)33/h1-24H. The van der Waals surface area contributed by atoms with Crippen LogP contribution < -0.4 is 15.6 Å². The molecular formula is C36H24N2Si. The van der Waals surface area contributed by atoms with E-state index in [-0.39, 0.29) is 0 Å². The molecule has 0 N–H and O–H groups in total. The zero-order chi connectivity index (χ0) is 25.6. The molecule has 0 unspecified atom stereocenters. The van der Waals surface area contributed by atoms with E-state index in [1.165, 1.54) is 64.9 Å². The van der Waals surface area contributed by atoms with Gasteiger partial charge in [0.25, 0.3) is 8.24 Å². The molecule has 0 bridgehead atoms. The Morgan fingerprint density at radius 3 is 1.59 bits per heavy atom. The molecule has 182 valence electrons. The molecule has 0 saturated carbocycles. The van der Waals surface area contributed by atoms with Crippen LogP contribution in [0.4, 0.5) is 0 Å². The highest BCUT2D eigenvalue weighted by molar-refractivity contribution is 7.12. The minimum atomic E-state index is -2.87. The van der Waals surface area contributed by atoms with Gasteiger partial charge in [-0.3, -0.25) is 0 Å². The van der Waals surface area contributed by atoms with Gasteiger partial charge in [0.2, 0.25) is 0 Å². The molecule has 6 aromatic carbocycles. The fourth-order valence-corrected chi connectivity index (χ4v) is 12.4. The average molecular weight is 513 g/mol. The summed E-state index contributed by atoms with van der Waals surface area (Å²) >= 11 is 0. The van der Waals surface area contributed by atoms with Gasteiger partial charge in [-0.1, -0.05) is 127 Å². The molecule has 3 heteroatoms. The van der Waals surface area contributed by atoms with Crippen LogP contribution in [0, 0.1) is 0 Å². The van der Waals surface area contributed by atoms with E-state index < -0.39 is 8.24 Å². The van der Waals surface area contributed by atoms with Gasteiger partial charge >= 0.3 is 0 Å². The molecule has 2 aromatic heterocycles. The first-order valence-electron chi connectivity index (χ1n) is 13.6. The summed E-state index contributed by atoms with van der Waals surface area (Å²) < 4.78 is 5.33. The second-order valence-electron chi connectivity index (χ2n) is 10.5. The highest BCUT2D eigenvalue weighted by atomic mass is 28.3. The molecule has 1 aliphatic heterocycles. The van der Waals surface area contributed by atoms with Crippen molar-refractivity contribution < 1.29 is 0 Å². The van der Waals surface area contributed by atoms with E-state index in [2.05, 4.69) is 154 Å². The smallest absolute Gasteiger partial charge is 0.259 e. The fraction of sp³-hybridized carbons (Fsp3) is 0. The van der Waals surface area contributed by atoms with Gasteiger partial charge in [0.1, 0.15) is 0 Å². The number of nitrogens with zero attached hydrogens (tertiary/aromatic N) is 2. The SMILES string of the molecule is c1ccc([Si]2(c3ccccc3)c3cccc4c5ccccc5n(c34)-c3cccc4c5ccccc5n2c34)cc1. The molecule has 1 aliphatic rings. The molecular weight excluding hydrogens is 488 g/mol. The van der Waals surface area contributed by atoms with Gasteiger partial charge in [0.05, 0.1) is 22.2 Å². The normalized spacial score (nSPS) is 13.8. The molecule has 3 heterocycles. The quantitative estimate of drug-likeness (QED) is 0.228. The van der Waals surface area contributed by atoms with Crippen molar-refractivity contribution in [3.63, 3.8) is 0 Å². The molecule has 0 amide bonds. The summed E-state index contributed by atoms with van der Waals surface area (Å²) in [6.45, 7) is 0. The van der Waals surface area contributed by atoms with Crippen LogP contribution in [0.5, 0.6) is 0 Å². The van der Waals surface area contributed by atoms with Crippen LogP contribution in [0.3, 0.4) is 0 Å². The third-order valence-electron chi connectivity index (χ3n) is 8.72. The van der Waals surface area contributed by atoms with Crippen LogP contribution in [0.25, 0.3) is 49.3 Å². The Hall–Kier alpha value is -4.86. The number of benzene rings is 6. The summed E-state index contributed by atoms with van der Waals surface area (Å²) in [6, 6.07) is 54.3. The number of para-hydroxylation sites is 4. The maximum Gasteiger partial charge on any atom is 0.259 e. The molecule has 9 rings (SSSR count). The Kier molecular flexibility index (Phi) is 4.11. The van der Waals surface area contributed by atoms with E-state index in [1.54, 1.807) is 0 Å². The Balaban J connectivity index is 1.69. The van der Waals surface area contributed by atoms with Crippen LogP contribution in [-0.2, 0) is 0 Å². The maximum atomic E-state index is 2.77. The van der Waals surface area contributed by atoms with Gasteiger partial charge in [0.15, 0.2) is 0 Å². The molecule has 0 saturated heterocycles. The van der Waals surface area contributed by atoms with Crippen molar-refractivity contribution in [3.05, 3.63) is 146 Å². The zero-order valence-corrected chi connectivity index (χ0v) is 22.3. The first-order chi connectivity index (χ1) is 19.4. The number of fused-ring (bicyclic) bond motifs is 7. The van der Waals surface area contributed by atoms with Crippen molar-refractivity contribution in [3.8, 4) is 5.69 Å². The minimum Gasteiger partial charge on any atom is -0.353 e. The monoisotopic (exact) mass is 512 g/mol. The Morgan fingerprint density at radius 1 is 0.385 bits per heavy atom. The largest absolute Gasteiger partial charge is 0.353 e. The van der Waals surface area contributed by atoms with Gasteiger partial charge in [-0.25, -0.2) is 0 Å². The number of hydrogen-bond acceptors (Lipinski definition) is 0. The summed E-state index contributed by atoms with van der Waals surface area (Å²) in [6.07, 6.45) is 0. The Morgan fingerprint density at radius 2 is 0.897 bits per heavy atom. The lowest BCUT2D eigenvalue weighted by atomic mass is 10.1. The molecule has 0 spiro atoms.